The van der Waals surface area contributed by atoms with Gasteiger partial charge in [0.05, 0.1) is 11.8 Å². The first-order valence-electron chi connectivity index (χ1n) is 7.52. The summed E-state index contributed by atoms with van der Waals surface area (Å²) in [5.41, 5.74) is 0. The van der Waals surface area contributed by atoms with Crippen LogP contribution in [0.25, 0.3) is 0 Å². The summed E-state index contributed by atoms with van der Waals surface area (Å²) in [6.45, 7) is 0.752. The highest BCUT2D eigenvalue weighted by Gasteiger charge is 2.79. The average molecular weight is 344 g/mol. The lowest BCUT2D eigenvalue weighted by Crippen LogP contribution is -2.57. The Kier molecular flexibility index (Phi) is 3.68. The molecule has 2 saturated carbocycles. The van der Waals surface area contributed by atoms with Gasteiger partial charge in [-0.25, -0.2) is 0 Å². The molecular weight excluding hydrogens is 327 g/mol. The molecule has 0 aromatic rings. The van der Waals surface area contributed by atoms with Crippen molar-refractivity contribution in [1.82, 2.24) is 0 Å². The topological polar surface area (TPSA) is 55.8 Å². The smallest absolute Gasteiger partial charge is 0.435 e. The van der Waals surface area contributed by atoms with Gasteiger partial charge >= 0.3 is 23.9 Å². The predicted molar refractivity (Wildman–Crippen MR) is 65.0 cm³/mol. The highest BCUT2D eigenvalue weighted by Crippen LogP contribution is 2.55. The molecule has 0 amide bonds. The Labute approximate surface area is 128 Å². The molecule has 0 aromatic carbocycles. The zero-order valence-electron chi connectivity index (χ0n) is 12.3. The van der Waals surface area contributed by atoms with Crippen LogP contribution in [0.2, 0.25) is 0 Å². The van der Waals surface area contributed by atoms with E-state index in [9.17, 15) is 31.9 Å². The Morgan fingerprint density at radius 2 is 1.91 bits per heavy atom. The zero-order chi connectivity index (χ0) is 17.2. The highest BCUT2D eigenvalue weighted by atomic mass is 19.4. The quantitative estimate of drug-likeness (QED) is 0.618. The minimum atomic E-state index is -5.71. The van der Waals surface area contributed by atoms with Crippen LogP contribution < -0.4 is 0 Å². The first-order chi connectivity index (χ1) is 10.5. The van der Waals surface area contributed by atoms with Crippen molar-refractivity contribution in [3.8, 4) is 0 Å². The second kappa shape index (κ2) is 5.02. The van der Waals surface area contributed by atoms with Gasteiger partial charge in [0.15, 0.2) is 0 Å². The Bertz CT molecular complexity index is 508. The molecule has 4 nitrogen and oxygen atoms in total. The molecule has 0 spiro atoms. The van der Waals surface area contributed by atoms with Gasteiger partial charge in [-0.3, -0.25) is 9.53 Å². The first kappa shape index (κ1) is 16.9. The standard InChI is InChI=1S/C14H17F5O4/c1-6-11(23-13(21,12(6,15)16)14(17,18)19)22-10(20)9-5-7-2-3-8(9)4-7/h6-9,11,21H,2-5H2,1H3. The summed E-state index contributed by atoms with van der Waals surface area (Å²) in [6, 6.07) is 0. The van der Waals surface area contributed by atoms with Crippen LogP contribution in [-0.2, 0) is 14.3 Å². The fourth-order valence-electron chi connectivity index (χ4n) is 3.95. The second-order valence-corrected chi connectivity index (χ2v) is 6.76. The lowest BCUT2D eigenvalue weighted by molar-refractivity contribution is -0.415. The van der Waals surface area contributed by atoms with Crippen LogP contribution in [0.1, 0.15) is 32.6 Å². The van der Waals surface area contributed by atoms with Crippen molar-refractivity contribution in [1.29, 1.82) is 0 Å². The third-order valence-electron chi connectivity index (χ3n) is 5.38. The van der Waals surface area contributed by atoms with Crippen LogP contribution in [0.3, 0.4) is 0 Å². The average Bonchev–Trinajstić information content (AvgIpc) is 3.09. The molecule has 2 aliphatic carbocycles. The normalized spacial score (nSPS) is 45.4. The molecule has 2 bridgehead atoms. The van der Waals surface area contributed by atoms with Crippen molar-refractivity contribution >= 4 is 5.97 Å². The van der Waals surface area contributed by atoms with E-state index in [0.29, 0.717) is 12.3 Å². The number of carbonyl (C=O) groups is 1. The number of ether oxygens (including phenoxy) is 2. The van der Waals surface area contributed by atoms with Crippen molar-refractivity contribution in [3.63, 3.8) is 0 Å². The van der Waals surface area contributed by atoms with E-state index in [1.807, 2.05) is 0 Å². The van der Waals surface area contributed by atoms with Gasteiger partial charge in [-0.2, -0.15) is 22.0 Å². The van der Waals surface area contributed by atoms with Gasteiger partial charge in [-0.05, 0) is 31.1 Å². The molecule has 0 aromatic heterocycles. The maximum atomic E-state index is 13.8. The van der Waals surface area contributed by atoms with Crippen molar-refractivity contribution in [2.75, 3.05) is 0 Å². The van der Waals surface area contributed by atoms with E-state index in [0.717, 1.165) is 26.2 Å². The number of carbonyl (C=O) groups excluding carboxylic acids is 1. The Morgan fingerprint density at radius 1 is 1.26 bits per heavy atom. The molecule has 1 saturated heterocycles. The number of esters is 1. The maximum absolute atomic E-state index is 13.8. The SMILES string of the molecule is CC1C(OC(=O)C2CC3CCC2C3)OC(O)(C(F)(F)F)C1(F)F. The molecule has 9 heteroatoms. The van der Waals surface area contributed by atoms with E-state index in [2.05, 4.69) is 4.74 Å². The molecule has 1 heterocycles. The minimum absolute atomic E-state index is 0.0891. The Hall–Kier alpha value is -0.960. The molecule has 132 valence electrons. The number of fused-ring (bicyclic) bond motifs is 2. The summed E-state index contributed by atoms with van der Waals surface area (Å²) in [5, 5.41) is 9.29. The highest BCUT2D eigenvalue weighted by molar-refractivity contribution is 5.73. The Morgan fingerprint density at radius 3 is 2.35 bits per heavy atom. The molecule has 6 atom stereocenters. The zero-order valence-corrected chi connectivity index (χ0v) is 12.3. The summed E-state index contributed by atoms with van der Waals surface area (Å²) in [7, 11) is 0. The Balaban J connectivity index is 1.73. The first-order valence-corrected chi connectivity index (χ1v) is 7.52. The number of hydrogen-bond donors (Lipinski definition) is 1. The van der Waals surface area contributed by atoms with Crippen molar-refractivity contribution in [3.05, 3.63) is 0 Å². The summed E-state index contributed by atoms with van der Waals surface area (Å²) < 4.78 is 74.8. The molecule has 3 aliphatic rings. The van der Waals surface area contributed by atoms with E-state index in [1.54, 1.807) is 0 Å². The van der Waals surface area contributed by atoms with Crippen LogP contribution >= 0.6 is 0 Å². The van der Waals surface area contributed by atoms with Crippen LogP contribution in [0.15, 0.2) is 0 Å². The molecule has 6 unspecified atom stereocenters. The van der Waals surface area contributed by atoms with Gasteiger partial charge in [0, 0.05) is 0 Å². The van der Waals surface area contributed by atoms with E-state index < -0.39 is 42.0 Å². The molecule has 1 N–H and O–H groups in total. The third-order valence-corrected chi connectivity index (χ3v) is 5.38. The van der Waals surface area contributed by atoms with Gasteiger partial charge < -0.3 is 9.84 Å². The predicted octanol–water partition coefficient (Wildman–Crippen LogP) is 2.84. The van der Waals surface area contributed by atoms with Crippen LogP contribution in [0.5, 0.6) is 0 Å². The van der Waals surface area contributed by atoms with E-state index >= 15 is 0 Å². The summed E-state index contributed by atoms with van der Waals surface area (Å²) in [5.74, 6) is -12.2. The van der Waals surface area contributed by atoms with Gasteiger partial charge in [0.1, 0.15) is 0 Å². The van der Waals surface area contributed by atoms with Crippen LogP contribution in [0, 0.1) is 23.7 Å². The van der Waals surface area contributed by atoms with Gasteiger partial charge in [-0.15, -0.1) is 0 Å². The van der Waals surface area contributed by atoms with Crippen molar-refractivity contribution < 1.29 is 41.3 Å². The fourth-order valence-corrected chi connectivity index (χ4v) is 3.95. The molecular formula is C14H17F5O4. The summed E-state index contributed by atoms with van der Waals surface area (Å²) >= 11 is 0. The lowest BCUT2D eigenvalue weighted by Gasteiger charge is -2.30. The largest absolute Gasteiger partial charge is 0.449 e. The van der Waals surface area contributed by atoms with E-state index in [1.165, 1.54) is 0 Å². The monoisotopic (exact) mass is 344 g/mol. The minimum Gasteiger partial charge on any atom is -0.435 e. The molecule has 1 aliphatic heterocycles. The van der Waals surface area contributed by atoms with Crippen molar-refractivity contribution in [2.24, 2.45) is 23.7 Å². The van der Waals surface area contributed by atoms with E-state index in [-0.39, 0.29) is 5.92 Å². The fraction of sp³-hybridized carbons (Fsp3) is 0.929. The molecule has 0 radical (unpaired) electrons. The lowest BCUT2D eigenvalue weighted by atomic mass is 9.89. The summed E-state index contributed by atoms with van der Waals surface area (Å²) in [4.78, 5) is 12.1. The number of halogens is 5. The number of rotatable bonds is 2. The second-order valence-electron chi connectivity index (χ2n) is 6.76. The van der Waals surface area contributed by atoms with Crippen molar-refractivity contribution in [2.45, 2.75) is 56.8 Å². The maximum Gasteiger partial charge on any atom is 0.449 e. The summed E-state index contributed by atoms with van der Waals surface area (Å²) in [6.07, 6.45) is -4.61. The van der Waals surface area contributed by atoms with Crippen LogP contribution in [0.4, 0.5) is 22.0 Å². The van der Waals surface area contributed by atoms with Gasteiger partial charge in [0.25, 0.3) is 0 Å². The van der Waals surface area contributed by atoms with Crippen LogP contribution in [-0.4, -0.2) is 35.3 Å². The van der Waals surface area contributed by atoms with E-state index in [4.69, 9.17) is 4.74 Å². The number of alkyl halides is 5. The van der Waals surface area contributed by atoms with Gasteiger partial charge in [-0.1, -0.05) is 13.3 Å². The number of hydrogen-bond acceptors (Lipinski definition) is 4. The molecule has 3 rings (SSSR count). The molecule has 3 fully saturated rings. The molecule has 23 heavy (non-hydrogen) atoms. The number of aliphatic hydroxyl groups is 1. The third kappa shape index (κ3) is 2.34. The van der Waals surface area contributed by atoms with Gasteiger partial charge in [0.2, 0.25) is 6.29 Å².